The third-order valence-electron chi connectivity index (χ3n) is 4.45. The van der Waals surface area contributed by atoms with Gasteiger partial charge in [-0.15, -0.1) is 0 Å². The van der Waals surface area contributed by atoms with E-state index in [-0.39, 0.29) is 11.9 Å². The maximum absolute atomic E-state index is 12.1. The van der Waals surface area contributed by atoms with E-state index in [4.69, 9.17) is 0 Å². The topological polar surface area (TPSA) is 73.0 Å². The SMILES string of the molecule is C[C@H](NC(=O)CCN1CCN(S(=O)(=O)N(C)C)CC1)c1ccccc1. The van der Waals surface area contributed by atoms with Gasteiger partial charge in [0.15, 0.2) is 0 Å². The summed E-state index contributed by atoms with van der Waals surface area (Å²) in [4.78, 5) is 14.3. The molecule has 25 heavy (non-hydrogen) atoms. The first-order valence-corrected chi connectivity index (χ1v) is 9.94. The average Bonchev–Trinajstić information content (AvgIpc) is 2.61. The van der Waals surface area contributed by atoms with Crippen molar-refractivity contribution in [1.29, 1.82) is 0 Å². The third kappa shape index (κ3) is 5.50. The molecular weight excluding hydrogens is 340 g/mol. The molecule has 0 bridgehead atoms. The van der Waals surface area contributed by atoms with Crippen molar-refractivity contribution in [2.75, 3.05) is 46.8 Å². The van der Waals surface area contributed by atoms with Gasteiger partial charge < -0.3 is 10.2 Å². The average molecular weight is 369 g/mol. The minimum absolute atomic E-state index is 0.0136. The molecule has 1 saturated heterocycles. The molecule has 1 aliphatic heterocycles. The normalized spacial score (nSPS) is 18.2. The maximum Gasteiger partial charge on any atom is 0.281 e. The van der Waals surface area contributed by atoms with Gasteiger partial charge in [0, 0.05) is 53.2 Å². The highest BCUT2D eigenvalue weighted by atomic mass is 32.2. The number of piperazine rings is 1. The summed E-state index contributed by atoms with van der Waals surface area (Å²) in [6, 6.07) is 9.84. The van der Waals surface area contributed by atoms with Crippen molar-refractivity contribution in [1.82, 2.24) is 18.8 Å². The van der Waals surface area contributed by atoms with Crippen molar-refractivity contribution >= 4 is 16.1 Å². The number of nitrogens with zero attached hydrogens (tertiary/aromatic N) is 3. The molecule has 1 fully saturated rings. The van der Waals surface area contributed by atoms with E-state index in [0.29, 0.717) is 39.1 Å². The second kappa shape index (κ2) is 8.75. The molecule has 1 aliphatic rings. The van der Waals surface area contributed by atoms with E-state index in [0.717, 1.165) is 5.56 Å². The molecule has 1 aromatic carbocycles. The van der Waals surface area contributed by atoms with Gasteiger partial charge in [-0.25, -0.2) is 0 Å². The number of carbonyl (C=O) groups excluding carboxylic acids is 1. The fraction of sp³-hybridized carbons (Fsp3) is 0.588. The minimum Gasteiger partial charge on any atom is -0.350 e. The second-order valence-corrected chi connectivity index (χ2v) is 8.62. The summed E-state index contributed by atoms with van der Waals surface area (Å²) in [5.41, 5.74) is 1.08. The summed E-state index contributed by atoms with van der Waals surface area (Å²) in [7, 11) is -0.257. The Hall–Kier alpha value is -1.48. The fourth-order valence-electron chi connectivity index (χ4n) is 2.81. The van der Waals surface area contributed by atoms with E-state index in [2.05, 4.69) is 10.2 Å². The number of amides is 1. The highest BCUT2D eigenvalue weighted by Gasteiger charge is 2.28. The first-order valence-electron chi connectivity index (χ1n) is 8.55. The summed E-state index contributed by atoms with van der Waals surface area (Å²) in [5.74, 6) is 0.0136. The molecule has 0 saturated carbocycles. The molecule has 1 atom stereocenters. The van der Waals surface area contributed by atoms with Gasteiger partial charge in [-0.3, -0.25) is 4.79 Å². The van der Waals surface area contributed by atoms with Crippen LogP contribution in [0.25, 0.3) is 0 Å². The molecule has 1 amide bonds. The highest BCUT2D eigenvalue weighted by Crippen LogP contribution is 2.12. The van der Waals surface area contributed by atoms with Crippen molar-refractivity contribution in [3.05, 3.63) is 35.9 Å². The zero-order chi connectivity index (χ0) is 18.4. The number of nitrogens with one attached hydrogen (secondary N) is 1. The van der Waals surface area contributed by atoms with Gasteiger partial charge >= 0.3 is 0 Å². The zero-order valence-corrected chi connectivity index (χ0v) is 16.0. The molecule has 7 nitrogen and oxygen atoms in total. The zero-order valence-electron chi connectivity index (χ0n) is 15.2. The lowest BCUT2D eigenvalue weighted by atomic mass is 10.1. The van der Waals surface area contributed by atoms with E-state index < -0.39 is 10.2 Å². The van der Waals surface area contributed by atoms with E-state index in [9.17, 15) is 13.2 Å². The van der Waals surface area contributed by atoms with Crippen LogP contribution in [0.15, 0.2) is 30.3 Å². The Balaban J connectivity index is 1.73. The van der Waals surface area contributed by atoms with Gasteiger partial charge in [0.05, 0.1) is 6.04 Å². The lowest BCUT2D eigenvalue weighted by Gasteiger charge is -2.35. The van der Waals surface area contributed by atoms with Crippen LogP contribution >= 0.6 is 0 Å². The lowest BCUT2D eigenvalue weighted by Crippen LogP contribution is -2.52. The van der Waals surface area contributed by atoms with E-state index in [1.165, 1.54) is 8.61 Å². The summed E-state index contributed by atoms with van der Waals surface area (Å²) < 4.78 is 26.9. The van der Waals surface area contributed by atoms with Crippen LogP contribution in [-0.2, 0) is 15.0 Å². The Bertz CT molecular complexity index is 656. The summed E-state index contributed by atoms with van der Waals surface area (Å²) >= 11 is 0. The monoisotopic (exact) mass is 368 g/mol. The van der Waals surface area contributed by atoms with Gasteiger partial charge in [0.2, 0.25) is 5.91 Å². The highest BCUT2D eigenvalue weighted by molar-refractivity contribution is 7.86. The molecular formula is C17H28N4O3S. The minimum atomic E-state index is -3.34. The molecule has 2 rings (SSSR count). The molecule has 0 unspecified atom stereocenters. The van der Waals surface area contributed by atoms with Gasteiger partial charge in [0.25, 0.3) is 10.2 Å². The molecule has 1 aromatic rings. The number of hydrogen-bond acceptors (Lipinski definition) is 4. The molecule has 1 heterocycles. The van der Waals surface area contributed by atoms with Gasteiger partial charge in [-0.1, -0.05) is 30.3 Å². The van der Waals surface area contributed by atoms with Crippen molar-refractivity contribution in [2.45, 2.75) is 19.4 Å². The van der Waals surface area contributed by atoms with Gasteiger partial charge in [-0.05, 0) is 12.5 Å². The number of hydrogen-bond donors (Lipinski definition) is 1. The Morgan fingerprint density at radius 2 is 1.76 bits per heavy atom. The molecule has 0 aromatic heterocycles. The van der Waals surface area contributed by atoms with Crippen LogP contribution in [0.1, 0.15) is 24.9 Å². The summed E-state index contributed by atoms with van der Waals surface area (Å²) in [6.45, 7) is 4.83. The first-order chi connectivity index (χ1) is 11.8. The predicted molar refractivity (Wildman–Crippen MR) is 98.2 cm³/mol. The second-order valence-electron chi connectivity index (χ2n) is 6.48. The number of benzene rings is 1. The number of carbonyl (C=O) groups is 1. The molecule has 1 N–H and O–H groups in total. The van der Waals surface area contributed by atoms with Crippen LogP contribution in [0.2, 0.25) is 0 Å². The summed E-state index contributed by atoms with van der Waals surface area (Å²) in [5, 5.41) is 3.01. The molecule has 140 valence electrons. The van der Waals surface area contributed by atoms with E-state index >= 15 is 0 Å². The Kier molecular flexibility index (Phi) is 6.95. The lowest BCUT2D eigenvalue weighted by molar-refractivity contribution is -0.122. The molecule has 0 radical (unpaired) electrons. The summed E-state index contributed by atoms with van der Waals surface area (Å²) in [6.07, 6.45) is 0.414. The first kappa shape index (κ1) is 19.8. The van der Waals surface area contributed by atoms with Crippen LogP contribution in [-0.4, -0.2) is 74.7 Å². The van der Waals surface area contributed by atoms with Crippen LogP contribution in [0.5, 0.6) is 0 Å². The van der Waals surface area contributed by atoms with Crippen LogP contribution < -0.4 is 5.32 Å². The maximum atomic E-state index is 12.1. The van der Waals surface area contributed by atoms with E-state index in [1.54, 1.807) is 14.1 Å². The van der Waals surface area contributed by atoms with Gasteiger partial charge in [0.1, 0.15) is 0 Å². The smallest absolute Gasteiger partial charge is 0.281 e. The standard InChI is InChI=1S/C17H28N4O3S/c1-15(16-7-5-4-6-8-16)18-17(22)9-10-20-11-13-21(14-12-20)25(23,24)19(2)3/h4-8,15H,9-14H2,1-3H3,(H,18,22)/t15-/m0/s1. The Labute approximate surface area is 150 Å². The van der Waals surface area contributed by atoms with Crippen molar-refractivity contribution < 1.29 is 13.2 Å². The Morgan fingerprint density at radius 3 is 2.32 bits per heavy atom. The van der Waals surface area contributed by atoms with Crippen LogP contribution in [0, 0.1) is 0 Å². The third-order valence-corrected chi connectivity index (χ3v) is 6.39. The van der Waals surface area contributed by atoms with Crippen LogP contribution in [0.4, 0.5) is 0 Å². The Morgan fingerprint density at radius 1 is 1.16 bits per heavy atom. The van der Waals surface area contributed by atoms with Crippen LogP contribution in [0.3, 0.4) is 0 Å². The molecule has 0 spiro atoms. The van der Waals surface area contributed by atoms with Crippen molar-refractivity contribution in [3.8, 4) is 0 Å². The number of rotatable bonds is 7. The predicted octanol–water partition coefficient (Wildman–Crippen LogP) is 0.678. The molecule has 0 aliphatic carbocycles. The largest absolute Gasteiger partial charge is 0.350 e. The fourth-order valence-corrected chi connectivity index (χ4v) is 3.90. The van der Waals surface area contributed by atoms with Crippen molar-refractivity contribution in [3.63, 3.8) is 0 Å². The molecule has 8 heteroatoms. The van der Waals surface area contributed by atoms with E-state index in [1.807, 2.05) is 37.3 Å². The quantitative estimate of drug-likeness (QED) is 0.768. The van der Waals surface area contributed by atoms with Gasteiger partial charge in [-0.2, -0.15) is 17.0 Å². The van der Waals surface area contributed by atoms with Crippen molar-refractivity contribution in [2.24, 2.45) is 0 Å².